The standard InChI is InChI=1S/C35H38O22/c1-12-30(55-22(44)6-4-20(40)41)26(47)28(49)34(52-12)51-11-19-32(56-23(45)7-5-21(42)43)27(48)29(50)35(54-19)57-33-25(46)24-17(39)9-14(36)10-18(24)53-31(33)13-2-3-15(37)16(38)8-13/h2-3,8-10,12,19,26-30,32,34-39,47-50H,4-7,11H2,1H3,(H,40,41)(H,42,43)/t12-,19+,26-,27+,28+,29+,30-,32+,34+,35-/m0/s1. The van der Waals surface area contributed by atoms with E-state index in [0.29, 0.717) is 0 Å². The van der Waals surface area contributed by atoms with Crippen LogP contribution < -0.4 is 10.2 Å². The number of esters is 2. The van der Waals surface area contributed by atoms with Gasteiger partial charge in [-0.2, -0.15) is 0 Å². The van der Waals surface area contributed by atoms with Gasteiger partial charge in [-0.1, -0.05) is 0 Å². The van der Waals surface area contributed by atoms with Crippen LogP contribution in [0.4, 0.5) is 0 Å². The van der Waals surface area contributed by atoms with Crippen molar-refractivity contribution in [3.8, 4) is 40.1 Å². The maximum atomic E-state index is 13.9. The molecule has 2 saturated heterocycles. The fraction of sp³-hybridized carbons (Fsp3) is 0.457. The molecule has 3 heterocycles. The summed E-state index contributed by atoms with van der Waals surface area (Å²) in [5.74, 6) is -8.68. The molecule has 2 aliphatic heterocycles. The molecule has 0 amide bonds. The number of phenolic OH excluding ortho intramolecular Hbond substituents is 4. The van der Waals surface area contributed by atoms with Gasteiger partial charge in [0.25, 0.3) is 0 Å². The molecule has 10 atom stereocenters. The zero-order chi connectivity index (χ0) is 41.9. The van der Waals surface area contributed by atoms with Crippen LogP contribution in [-0.2, 0) is 42.9 Å². The van der Waals surface area contributed by atoms with Gasteiger partial charge >= 0.3 is 23.9 Å². The van der Waals surface area contributed by atoms with Gasteiger partial charge in [0.05, 0.1) is 38.4 Å². The second-order valence-corrected chi connectivity index (χ2v) is 13.0. The molecule has 0 bridgehead atoms. The normalized spacial score (nSPS) is 27.4. The zero-order valence-electron chi connectivity index (χ0n) is 29.6. The second-order valence-electron chi connectivity index (χ2n) is 13.0. The summed E-state index contributed by atoms with van der Waals surface area (Å²) in [7, 11) is 0. The smallest absolute Gasteiger partial charge is 0.306 e. The minimum absolute atomic E-state index is 0.125. The van der Waals surface area contributed by atoms with Crippen molar-refractivity contribution in [3.63, 3.8) is 0 Å². The quantitative estimate of drug-likeness (QED) is 0.0699. The van der Waals surface area contributed by atoms with Crippen molar-refractivity contribution in [1.82, 2.24) is 0 Å². The van der Waals surface area contributed by atoms with Gasteiger partial charge in [-0.3, -0.25) is 24.0 Å². The van der Waals surface area contributed by atoms with Crippen LogP contribution in [0.15, 0.2) is 39.5 Å². The first-order valence-electron chi connectivity index (χ1n) is 17.0. The van der Waals surface area contributed by atoms with Crippen LogP contribution in [0, 0.1) is 0 Å². The van der Waals surface area contributed by atoms with Crippen molar-refractivity contribution in [3.05, 3.63) is 40.6 Å². The van der Waals surface area contributed by atoms with Crippen LogP contribution in [0.3, 0.4) is 0 Å². The summed E-state index contributed by atoms with van der Waals surface area (Å²) in [6.07, 6.45) is -20.7. The largest absolute Gasteiger partial charge is 0.508 e. The van der Waals surface area contributed by atoms with Crippen LogP contribution in [0.25, 0.3) is 22.3 Å². The summed E-state index contributed by atoms with van der Waals surface area (Å²) in [5.41, 5.74) is -1.63. The van der Waals surface area contributed by atoms with Gasteiger partial charge in [0.15, 0.2) is 35.8 Å². The average Bonchev–Trinajstić information content (AvgIpc) is 3.14. The van der Waals surface area contributed by atoms with Gasteiger partial charge in [-0.05, 0) is 25.1 Å². The third-order valence-electron chi connectivity index (χ3n) is 8.85. The Hall–Kier alpha value is -5.75. The minimum Gasteiger partial charge on any atom is -0.508 e. The van der Waals surface area contributed by atoms with Crippen LogP contribution in [0.1, 0.15) is 32.6 Å². The number of carbonyl (C=O) groups is 4. The Labute approximate surface area is 319 Å². The summed E-state index contributed by atoms with van der Waals surface area (Å²) in [6.45, 7) is 0.504. The Balaban J connectivity index is 1.44. The van der Waals surface area contributed by atoms with Crippen molar-refractivity contribution in [2.75, 3.05) is 6.61 Å². The first-order valence-corrected chi connectivity index (χ1v) is 17.0. The third-order valence-corrected chi connectivity index (χ3v) is 8.85. The molecule has 1 aromatic heterocycles. The lowest BCUT2D eigenvalue weighted by molar-refractivity contribution is -0.320. The number of aliphatic hydroxyl groups excluding tert-OH is 4. The number of phenols is 4. The maximum Gasteiger partial charge on any atom is 0.306 e. The highest BCUT2D eigenvalue weighted by Gasteiger charge is 2.50. The molecule has 0 aliphatic carbocycles. The topological polar surface area (TPSA) is 356 Å². The molecule has 3 aromatic rings. The molecule has 5 rings (SSSR count). The molecule has 310 valence electrons. The van der Waals surface area contributed by atoms with E-state index < -0.39 is 163 Å². The predicted octanol–water partition coefficient (Wildman–Crippen LogP) is -0.856. The number of rotatable bonds is 14. The molecule has 0 unspecified atom stereocenters. The molecular weight excluding hydrogens is 772 g/mol. The fourth-order valence-electron chi connectivity index (χ4n) is 5.96. The number of hydrogen-bond donors (Lipinski definition) is 10. The van der Waals surface area contributed by atoms with Crippen LogP contribution >= 0.6 is 0 Å². The Bertz CT molecular complexity index is 2040. The lowest BCUT2D eigenvalue weighted by Crippen LogP contribution is -2.63. The lowest BCUT2D eigenvalue weighted by atomic mass is 9.98. The molecule has 0 saturated carbocycles. The number of aliphatic carboxylic acids is 2. The third kappa shape index (κ3) is 9.62. The summed E-state index contributed by atoms with van der Waals surface area (Å²) >= 11 is 0. The van der Waals surface area contributed by atoms with Crippen molar-refractivity contribution in [1.29, 1.82) is 0 Å². The monoisotopic (exact) mass is 810 g/mol. The van der Waals surface area contributed by atoms with E-state index in [0.717, 1.165) is 24.3 Å². The average molecular weight is 811 g/mol. The number of carboxylic acid groups (broad SMARTS) is 2. The van der Waals surface area contributed by atoms with Crippen LogP contribution in [0.2, 0.25) is 0 Å². The van der Waals surface area contributed by atoms with Crippen molar-refractivity contribution in [2.24, 2.45) is 0 Å². The van der Waals surface area contributed by atoms with E-state index in [4.69, 9.17) is 43.1 Å². The Kier molecular flexibility index (Phi) is 13.1. The van der Waals surface area contributed by atoms with Gasteiger partial charge in [0.1, 0.15) is 53.0 Å². The molecule has 57 heavy (non-hydrogen) atoms. The molecule has 0 spiro atoms. The van der Waals surface area contributed by atoms with Gasteiger partial charge in [0.2, 0.25) is 17.5 Å². The molecule has 2 aromatic carbocycles. The number of carbonyl (C=O) groups excluding carboxylic acids is 2. The van der Waals surface area contributed by atoms with E-state index in [9.17, 15) is 64.8 Å². The predicted molar refractivity (Wildman–Crippen MR) is 182 cm³/mol. The second kappa shape index (κ2) is 17.6. The summed E-state index contributed by atoms with van der Waals surface area (Å²) in [5, 5.41) is 102. The first kappa shape index (κ1) is 42.4. The van der Waals surface area contributed by atoms with Crippen LogP contribution in [0.5, 0.6) is 28.7 Å². The number of fused-ring (bicyclic) bond motifs is 1. The highest BCUT2D eigenvalue weighted by Crippen LogP contribution is 2.40. The molecule has 2 aliphatic rings. The van der Waals surface area contributed by atoms with Gasteiger partial charge in [-0.25, -0.2) is 0 Å². The molecular formula is C35H38O22. The summed E-state index contributed by atoms with van der Waals surface area (Å²) < 4.78 is 38.9. The SMILES string of the molecule is C[C@@H]1O[C@@H](OC[C@H]2O[C@@H](Oc3c(-c4ccc(O)c(O)c4)oc4cc(O)cc(O)c4c3=O)[C@H](O)[C@@H](O)[C@@H]2OC(=O)CCC(=O)O)[C@H](O)[C@H](O)[C@H]1OC(=O)CCC(=O)O. The van der Waals surface area contributed by atoms with E-state index in [1.807, 2.05) is 0 Å². The lowest BCUT2D eigenvalue weighted by Gasteiger charge is -2.43. The van der Waals surface area contributed by atoms with Gasteiger partial charge in [-0.15, -0.1) is 0 Å². The number of ether oxygens (including phenoxy) is 6. The number of aromatic hydroxyl groups is 4. The molecule has 22 nitrogen and oxygen atoms in total. The van der Waals surface area contributed by atoms with Gasteiger partial charge in [0, 0.05) is 17.7 Å². The first-order chi connectivity index (χ1) is 26.9. The number of aliphatic hydroxyl groups is 4. The van der Waals surface area contributed by atoms with Crippen molar-refractivity contribution < 1.29 is 103 Å². The molecule has 2 fully saturated rings. The highest BCUT2D eigenvalue weighted by atomic mass is 16.7. The summed E-state index contributed by atoms with van der Waals surface area (Å²) in [4.78, 5) is 60.5. The minimum atomic E-state index is -2.18. The highest BCUT2D eigenvalue weighted by molar-refractivity contribution is 5.88. The van der Waals surface area contributed by atoms with Crippen molar-refractivity contribution >= 4 is 34.8 Å². The Morgan fingerprint density at radius 2 is 1.30 bits per heavy atom. The van der Waals surface area contributed by atoms with Gasteiger partial charge < -0.3 is 83.9 Å². The van der Waals surface area contributed by atoms with E-state index in [1.54, 1.807) is 0 Å². The Morgan fingerprint density at radius 3 is 1.91 bits per heavy atom. The van der Waals surface area contributed by atoms with E-state index in [1.165, 1.54) is 13.0 Å². The molecule has 22 heteroatoms. The number of carboxylic acids is 2. The van der Waals surface area contributed by atoms with E-state index in [2.05, 4.69) is 0 Å². The summed E-state index contributed by atoms with van der Waals surface area (Å²) in [6, 6.07) is 4.94. The number of hydrogen-bond acceptors (Lipinski definition) is 20. The fourth-order valence-corrected chi connectivity index (χ4v) is 5.96. The number of benzene rings is 2. The van der Waals surface area contributed by atoms with Crippen molar-refractivity contribution in [2.45, 2.75) is 94.0 Å². The Morgan fingerprint density at radius 1 is 0.702 bits per heavy atom. The zero-order valence-corrected chi connectivity index (χ0v) is 29.6. The van der Waals surface area contributed by atoms with Crippen LogP contribution in [-0.4, -0.2) is 143 Å². The molecule has 0 radical (unpaired) electrons. The van der Waals surface area contributed by atoms with E-state index in [-0.39, 0.29) is 11.1 Å². The maximum absolute atomic E-state index is 13.9. The van der Waals surface area contributed by atoms with E-state index >= 15 is 0 Å². The molecule has 10 N–H and O–H groups in total.